The summed E-state index contributed by atoms with van der Waals surface area (Å²) in [6.07, 6.45) is 0.986. The Labute approximate surface area is 222 Å². The third-order valence-corrected chi connectivity index (χ3v) is 6.52. The van der Waals surface area contributed by atoms with Crippen molar-refractivity contribution in [3.8, 4) is 0 Å². The van der Waals surface area contributed by atoms with Crippen LogP contribution in [0.15, 0.2) is 77.8 Å². The van der Waals surface area contributed by atoms with Crippen LogP contribution in [0.5, 0.6) is 0 Å². The second-order valence-corrected chi connectivity index (χ2v) is 9.29. The molecule has 8 heteroatoms. The van der Waals surface area contributed by atoms with Gasteiger partial charge in [0, 0.05) is 18.4 Å². The average Bonchev–Trinajstić information content (AvgIpc) is 3.26. The van der Waals surface area contributed by atoms with Crippen molar-refractivity contribution in [1.82, 2.24) is 4.90 Å². The van der Waals surface area contributed by atoms with Crippen molar-refractivity contribution >= 4 is 40.6 Å². The fraction of sp³-hybridized carbons (Fsp3) is 0.267. The summed E-state index contributed by atoms with van der Waals surface area (Å²) in [6, 6.07) is 22.0. The Bertz CT molecular complexity index is 1350. The molecule has 1 atom stereocenters. The highest BCUT2D eigenvalue weighted by Gasteiger charge is 2.36. The summed E-state index contributed by atoms with van der Waals surface area (Å²) in [5.74, 6) is -1.34. The van der Waals surface area contributed by atoms with Crippen LogP contribution in [0.4, 0.5) is 17.1 Å². The number of carbonyl (C=O) groups excluding carboxylic acids is 3. The Morgan fingerprint density at radius 2 is 1.68 bits per heavy atom. The van der Waals surface area contributed by atoms with E-state index in [1.165, 1.54) is 7.11 Å². The number of aliphatic imine (C=N–C) groups is 1. The van der Waals surface area contributed by atoms with E-state index >= 15 is 0 Å². The summed E-state index contributed by atoms with van der Waals surface area (Å²) in [7, 11) is 5.02. The maximum Gasteiger partial charge on any atom is 0.337 e. The highest BCUT2D eigenvalue weighted by molar-refractivity contribution is 6.24. The Morgan fingerprint density at radius 3 is 2.34 bits per heavy atom. The number of esters is 1. The quantitative estimate of drug-likeness (QED) is 0.333. The lowest BCUT2D eigenvalue weighted by molar-refractivity contribution is -0.119. The molecule has 0 spiro atoms. The number of rotatable bonds is 9. The molecule has 1 unspecified atom stereocenters. The van der Waals surface area contributed by atoms with Crippen molar-refractivity contribution < 1.29 is 19.1 Å². The minimum absolute atomic E-state index is 0.00716. The van der Waals surface area contributed by atoms with E-state index in [-0.39, 0.29) is 11.8 Å². The molecule has 0 aromatic heterocycles. The molecule has 8 nitrogen and oxygen atoms in total. The summed E-state index contributed by atoms with van der Waals surface area (Å²) in [5.41, 5.74) is 4.49. The first-order valence-electron chi connectivity index (χ1n) is 12.5. The third-order valence-electron chi connectivity index (χ3n) is 6.52. The molecule has 38 heavy (non-hydrogen) atoms. The minimum Gasteiger partial charge on any atom is -0.465 e. The summed E-state index contributed by atoms with van der Waals surface area (Å²) in [4.78, 5) is 46.4. The molecule has 3 aromatic carbocycles. The van der Waals surface area contributed by atoms with Gasteiger partial charge in [-0.15, -0.1) is 0 Å². The zero-order chi connectivity index (χ0) is 27.2. The normalized spacial score (nSPS) is 14.7. The lowest BCUT2D eigenvalue weighted by Gasteiger charge is -2.21. The fourth-order valence-electron chi connectivity index (χ4n) is 4.51. The predicted octanol–water partition coefficient (Wildman–Crippen LogP) is 4.63. The van der Waals surface area contributed by atoms with Crippen molar-refractivity contribution in [2.45, 2.75) is 19.3 Å². The van der Waals surface area contributed by atoms with E-state index in [0.29, 0.717) is 29.2 Å². The van der Waals surface area contributed by atoms with E-state index in [0.717, 1.165) is 29.8 Å². The summed E-state index contributed by atoms with van der Waals surface area (Å²) in [6.45, 7) is 3.29. The number of nitrogens with zero attached hydrogens (tertiary/aromatic N) is 3. The minimum atomic E-state index is -0.655. The predicted molar refractivity (Wildman–Crippen MR) is 149 cm³/mol. The molecule has 0 saturated heterocycles. The molecule has 1 N–H and O–H groups in total. The molecular weight excluding hydrogens is 480 g/mol. The van der Waals surface area contributed by atoms with E-state index in [1.54, 1.807) is 30.1 Å². The first kappa shape index (κ1) is 26.8. The van der Waals surface area contributed by atoms with Crippen LogP contribution < -0.4 is 10.2 Å². The average molecular weight is 513 g/mol. The highest BCUT2D eigenvalue weighted by atomic mass is 16.5. The van der Waals surface area contributed by atoms with Gasteiger partial charge in [-0.05, 0) is 67.5 Å². The second-order valence-electron chi connectivity index (χ2n) is 9.29. The smallest absolute Gasteiger partial charge is 0.337 e. The molecule has 0 radical (unpaired) electrons. The number of hydrogen-bond acceptors (Lipinski definition) is 6. The Morgan fingerprint density at radius 1 is 0.974 bits per heavy atom. The van der Waals surface area contributed by atoms with Gasteiger partial charge in [0.05, 0.1) is 30.6 Å². The number of amides is 2. The number of ether oxygens (including phenoxy) is 1. The first-order valence-corrected chi connectivity index (χ1v) is 12.5. The lowest BCUT2D eigenvalue weighted by Crippen LogP contribution is -2.36. The molecule has 4 rings (SSSR count). The molecule has 196 valence electrons. The van der Waals surface area contributed by atoms with Crippen LogP contribution in [-0.2, 0) is 14.3 Å². The molecular formula is C30H32N4O4. The summed E-state index contributed by atoms with van der Waals surface area (Å²) in [5, 5.41) is 2.89. The van der Waals surface area contributed by atoms with E-state index in [9.17, 15) is 14.4 Å². The molecule has 0 bridgehead atoms. The number of hydrogen-bond donors (Lipinski definition) is 1. The molecule has 2 amide bonds. The molecule has 1 heterocycles. The Balaban J connectivity index is 1.66. The number of carbonyl (C=O) groups is 3. The van der Waals surface area contributed by atoms with Crippen LogP contribution in [0.25, 0.3) is 0 Å². The van der Waals surface area contributed by atoms with Gasteiger partial charge in [-0.25, -0.2) is 4.79 Å². The molecule has 0 aliphatic carbocycles. The third kappa shape index (κ3) is 5.81. The van der Waals surface area contributed by atoms with Gasteiger partial charge in [0.1, 0.15) is 5.92 Å². The molecule has 0 saturated carbocycles. The second kappa shape index (κ2) is 11.8. The van der Waals surface area contributed by atoms with Gasteiger partial charge in [-0.2, -0.15) is 0 Å². The van der Waals surface area contributed by atoms with Gasteiger partial charge in [0.15, 0.2) is 0 Å². The van der Waals surface area contributed by atoms with Gasteiger partial charge < -0.3 is 15.0 Å². The molecule has 0 fully saturated rings. The van der Waals surface area contributed by atoms with Gasteiger partial charge in [0.2, 0.25) is 11.8 Å². The fourth-order valence-corrected chi connectivity index (χ4v) is 4.51. The van der Waals surface area contributed by atoms with Gasteiger partial charge in [-0.3, -0.25) is 19.5 Å². The van der Waals surface area contributed by atoms with Crippen molar-refractivity contribution in [1.29, 1.82) is 0 Å². The highest BCUT2D eigenvalue weighted by Crippen LogP contribution is 2.37. The van der Waals surface area contributed by atoms with E-state index in [1.807, 2.05) is 66.5 Å². The van der Waals surface area contributed by atoms with Gasteiger partial charge in [-0.1, -0.05) is 43.3 Å². The molecule has 1 aliphatic rings. The summed E-state index contributed by atoms with van der Waals surface area (Å²) < 4.78 is 4.81. The standard InChI is InChI=1S/C30H32N4O4/c1-5-17-33(2)19-26(35)34(3)23-14-12-22(13-15-23)31-28(20-9-7-6-8-10-20)27-24-16-11-21(30(37)38-4)18-25(24)32-29(27)36/h6-16,18,27H,5,17,19H2,1-4H3,(H,32,36). The largest absolute Gasteiger partial charge is 0.465 e. The first-order chi connectivity index (χ1) is 18.3. The number of likely N-dealkylation sites (N-methyl/N-ethyl adjacent to an activating group) is 2. The summed E-state index contributed by atoms with van der Waals surface area (Å²) >= 11 is 0. The number of anilines is 2. The van der Waals surface area contributed by atoms with Crippen molar-refractivity contribution in [2.75, 3.05) is 44.5 Å². The number of fused-ring (bicyclic) bond motifs is 1. The van der Waals surface area contributed by atoms with E-state index in [2.05, 4.69) is 12.2 Å². The number of methoxy groups -OCH3 is 1. The van der Waals surface area contributed by atoms with Gasteiger partial charge >= 0.3 is 5.97 Å². The Kier molecular flexibility index (Phi) is 8.33. The van der Waals surface area contributed by atoms with Crippen LogP contribution in [0.1, 0.15) is 40.7 Å². The SMILES string of the molecule is CCCN(C)CC(=O)N(C)c1ccc(N=C(c2ccccc2)C2C(=O)Nc3cc(C(=O)OC)ccc32)cc1. The maximum atomic E-state index is 13.2. The molecule has 3 aromatic rings. The monoisotopic (exact) mass is 512 g/mol. The van der Waals surface area contributed by atoms with Gasteiger partial charge in [0.25, 0.3) is 0 Å². The number of nitrogens with one attached hydrogen (secondary N) is 1. The topological polar surface area (TPSA) is 91.3 Å². The van der Waals surface area contributed by atoms with E-state index < -0.39 is 11.9 Å². The lowest BCUT2D eigenvalue weighted by atomic mass is 9.90. The molecule has 1 aliphatic heterocycles. The van der Waals surface area contributed by atoms with Crippen LogP contribution in [0.3, 0.4) is 0 Å². The zero-order valence-electron chi connectivity index (χ0n) is 22.1. The van der Waals surface area contributed by atoms with Crippen LogP contribution in [0, 0.1) is 0 Å². The van der Waals surface area contributed by atoms with Crippen LogP contribution in [-0.4, -0.2) is 62.7 Å². The van der Waals surface area contributed by atoms with Crippen LogP contribution >= 0.6 is 0 Å². The Hall–Kier alpha value is -4.30. The number of benzene rings is 3. The van der Waals surface area contributed by atoms with Crippen molar-refractivity contribution in [3.63, 3.8) is 0 Å². The maximum absolute atomic E-state index is 13.2. The van der Waals surface area contributed by atoms with E-state index in [4.69, 9.17) is 9.73 Å². The van der Waals surface area contributed by atoms with Crippen molar-refractivity contribution in [2.24, 2.45) is 4.99 Å². The van der Waals surface area contributed by atoms with Crippen molar-refractivity contribution in [3.05, 3.63) is 89.5 Å². The zero-order valence-corrected chi connectivity index (χ0v) is 22.1. The van der Waals surface area contributed by atoms with Crippen LogP contribution in [0.2, 0.25) is 0 Å².